The first-order valence-electron chi connectivity index (χ1n) is 8.92. The van der Waals surface area contributed by atoms with E-state index >= 15 is 0 Å². The van der Waals surface area contributed by atoms with E-state index in [9.17, 15) is 9.90 Å². The van der Waals surface area contributed by atoms with Crippen molar-refractivity contribution in [2.45, 2.75) is 44.8 Å². The van der Waals surface area contributed by atoms with E-state index in [0.29, 0.717) is 12.5 Å². The van der Waals surface area contributed by atoms with Gasteiger partial charge in [0.25, 0.3) is 0 Å². The van der Waals surface area contributed by atoms with Crippen molar-refractivity contribution in [1.29, 1.82) is 0 Å². The minimum Gasteiger partial charge on any atom is -0.496 e. The van der Waals surface area contributed by atoms with E-state index in [1.165, 1.54) is 0 Å². The second kappa shape index (κ2) is 7.53. The van der Waals surface area contributed by atoms with Crippen molar-refractivity contribution < 1.29 is 14.6 Å². The zero-order chi connectivity index (χ0) is 17.1. The normalized spacial score (nSPS) is 25.0. The van der Waals surface area contributed by atoms with Gasteiger partial charge < -0.3 is 14.7 Å². The molecule has 132 valence electrons. The third-order valence-corrected chi connectivity index (χ3v) is 5.36. The van der Waals surface area contributed by atoms with Gasteiger partial charge in [-0.15, -0.1) is 0 Å². The van der Waals surface area contributed by atoms with E-state index in [1.54, 1.807) is 7.11 Å². The van der Waals surface area contributed by atoms with E-state index in [0.717, 1.165) is 62.3 Å². The third kappa shape index (κ3) is 3.73. The fourth-order valence-electron chi connectivity index (χ4n) is 3.97. The van der Waals surface area contributed by atoms with Crippen LogP contribution in [0.15, 0.2) is 18.2 Å². The molecule has 1 heterocycles. The Bertz CT molecular complexity index is 582. The van der Waals surface area contributed by atoms with Gasteiger partial charge in [0.05, 0.1) is 19.6 Å². The van der Waals surface area contributed by atoms with Gasteiger partial charge in [-0.05, 0) is 32.3 Å². The number of aryl methyl sites for hydroxylation is 1. The lowest BCUT2D eigenvalue weighted by molar-refractivity contribution is -0.132. The average molecular weight is 332 g/mol. The molecule has 1 amide bonds. The van der Waals surface area contributed by atoms with Crippen molar-refractivity contribution in [3.8, 4) is 5.75 Å². The Morgan fingerprint density at radius 3 is 2.62 bits per heavy atom. The largest absolute Gasteiger partial charge is 0.496 e. The maximum atomic E-state index is 12.6. The van der Waals surface area contributed by atoms with Crippen LogP contribution in [0.5, 0.6) is 5.75 Å². The minimum atomic E-state index is -0.191. The Hall–Kier alpha value is -1.59. The lowest BCUT2D eigenvalue weighted by Crippen LogP contribution is -2.53. The van der Waals surface area contributed by atoms with E-state index in [-0.39, 0.29) is 12.0 Å². The molecule has 2 fully saturated rings. The van der Waals surface area contributed by atoms with Crippen LogP contribution in [0, 0.1) is 6.92 Å². The molecule has 24 heavy (non-hydrogen) atoms. The molecule has 5 heteroatoms. The number of benzene rings is 1. The molecule has 1 saturated heterocycles. The summed E-state index contributed by atoms with van der Waals surface area (Å²) in [6.45, 7) is 5.24. The number of ether oxygens (including phenoxy) is 1. The van der Waals surface area contributed by atoms with Gasteiger partial charge in [0.1, 0.15) is 5.75 Å². The average Bonchev–Trinajstić information content (AvgIpc) is 3.01. The van der Waals surface area contributed by atoms with Gasteiger partial charge in [-0.1, -0.05) is 17.7 Å². The van der Waals surface area contributed by atoms with Crippen LogP contribution >= 0.6 is 0 Å². The van der Waals surface area contributed by atoms with E-state index in [4.69, 9.17) is 4.74 Å². The summed E-state index contributed by atoms with van der Waals surface area (Å²) in [5.41, 5.74) is 2.09. The first-order valence-corrected chi connectivity index (χ1v) is 8.92. The Kier molecular flexibility index (Phi) is 5.41. The number of carbonyl (C=O) groups is 1. The standard InChI is InChI=1S/C19H28N2O3/c1-14-6-7-18(24-2)15(12-14)13-19(23)21-10-8-20(9-11-21)16-4-3-5-17(16)22/h6-7,12,16-17,22H,3-5,8-11,13H2,1-2H3/t16-,17-/m1/s1. The first-order chi connectivity index (χ1) is 11.6. The van der Waals surface area contributed by atoms with Crippen molar-refractivity contribution in [3.63, 3.8) is 0 Å². The van der Waals surface area contributed by atoms with Gasteiger partial charge in [-0.2, -0.15) is 0 Å². The molecule has 1 N–H and O–H groups in total. The smallest absolute Gasteiger partial charge is 0.227 e. The summed E-state index contributed by atoms with van der Waals surface area (Å²) < 4.78 is 5.38. The number of hydrogen-bond donors (Lipinski definition) is 1. The summed E-state index contributed by atoms with van der Waals surface area (Å²) in [4.78, 5) is 16.9. The van der Waals surface area contributed by atoms with Gasteiger partial charge in [-0.3, -0.25) is 9.69 Å². The SMILES string of the molecule is COc1ccc(C)cc1CC(=O)N1CCN([C@@H]2CCC[C@H]2O)CC1. The van der Waals surface area contributed by atoms with Crippen LogP contribution < -0.4 is 4.74 Å². The van der Waals surface area contributed by atoms with Gasteiger partial charge in [0, 0.05) is 37.8 Å². The highest BCUT2D eigenvalue weighted by Crippen LogP contribution is 2.25. The molecule has 3 rings (SSSR count). The zero-order valence-electron chi connectivity index (χ0n) is 14.7. The lowest BCUT2D eigenvalue weighted by atomic mass is 10.1. The number of hydrogen-bond acceptors (Lipinski definition) is 4. The fourth-order valence-corrected chi connectivity index (χ4v) is 3.97. The predicted octanol–water partition coefficient (Wildman–Crippen LogP) is 1.60. The summed E-state index contributed by atoms with van der Waals surface area (Å²) in [6, 6.07) is 6.25. The van der Waals surface area contributed by atoms with Crippen molar-refractivity contribution in [3.05, 3.63) is 29.3 Å². The quantitative estimate of drug-likeness (QED) is 0.910. The highest BCUT2D eigenvalue weighted by molar-refractivity contribution is 5.79. The Morgan fingerprint density at radius 1 is 1.25 bits per heavy atom. The van der Waals surface area contributed by atoms with E-state index < -0.39 is 0 Å². The fraction of sp³-hybridized carbons (Fsp3) is 0.632. The molecule has 1 aliphatic heterocycles. The van der Waals surface area contributed by atoms with Gasteiger partial charge in [0.2, 0.25) is 5.91 Å². The monoisotopic (exact) mass is 332 g/mol. The number of piperazine rings is 1. The molecular weight excluding hydrogens is 304 g/mol. The Labute approximate surface area is 144 Å². The summed E-state index contributed by atoms with van der Waals surface area (Å²) in [6.07, 6.45) is 3.30. The molecule has 0 bridgehead atoms. The van der Waals surface area contributed by atoms with Gasteiger partial charge in [0.15, 0.2) is 0 Å². The van der Waals surface area contributed by atoms with Gasteiger partial charge >= 0.3 is 0 Å². The summed E-state index contributed by atoms with van der Waals surface area (Å²) in [7, 11) is 1.64. The van der Waals surface area contributed by atoms with Crippen LogP contribution in [0.2, 0.25) is 0 Å². The second-order valence-corrected chi connectivity index (χ2v) is 6.97. The summed E-state index contributed by atoms with van der Waals surface area (Å²) in [5.74, 6) is 0.937. The maximum Gasteiger partial charge on any atom is 0.227 e. The molecule has 0 radical (unpaired) electrons. The number of rotatable bonds is 4. The van der Waals surface area contributed by atoms with Crippen molar-refractivity contribution in [2.24, 2.45) is 0 Å². The highest BCUT2D eigenvalue weighted by Gasteiger charge is 2.33. The Balaban J connectivity index is 1.56. The molecule has 2 atom stereocenters. The third-order valence-electron chi connectivity index (χ3n) is 5.36. The lowest BCUT2D eigenvalue weighted by Gasteiger charge is -2.39. The maximum absolute atomic E-state index is 12.6. The molecule has 2 aliphatic rings. The van der Waals surface area contributed by atoms with Crippen LogP contribution in [0.3, 0.4) is 0 Å². The molecule has 1 aliphatic carbocycles. The molecule has 1 saturated carbocycles. The molecule has 0 unspecified atom stereocenters. The van der Waals surface area contributed by atoms with E-state index in [1.807, 2.05) is 30.0 Å². The van der Waals surface area contributed by atoms with Crippen molar-refractivity contribution in [2.75, 3.05) is 33.3 Å². The van der Waals surface area contributed by atoms with E-state index in [2.05, 4.69) is 4.90 Å². The number of aliphatic hydroxyl groups excluding tert-OH is 1. The summed E-state index contributed by atoms with van der Waals surface area (Å²) >= 11 is 0. The number of nitrogens with zero attached hydrogens (tertiary/aromatic N) is 2. The predicted molar refractivity (Wildman–Crippen MR) is 93.2 cm³/mol. The first kappa shape index (κ1) is 17.2. The van der Waals surface area contributed by atoms with Crippen LogP contribution in [-0.2, 0) is 11.2 Å². The molecule has 0 aromatic heterocycles. The molecule has 5 nitrogen and oxygen atoms in total. The van der Waals surface area contributed by atoms with Crippen LogP contribution in [0.4, 0.5) is 0 Å². The van der Waals surface area contributed by atoms with Crippen molar-refractivity contribution >= 4 is 5.91 Å². The molecular formula is C19H28N2O3. The van der Waals surface area contributed by atoms with Crippen molar-refractivity contribution in [1.82, 2.24) is 9.80 Å². The van der Waals surface area contributed by atoms with Crippen LogP contribution in [-0.4, -0.2) is 66.2 Å². The Morgan fingerprint density at radius 2 is 2.00 bits per heavy atom. The second-order valence-electron chi connectivity index (χ2n) is 6.97. The number of aliphatic hydroxyl groups is 1. The van der Waals surface area contributed by atoms with Gasteiger partial charge in [-0.25, -0.2) is 0 Å². The number of methoxy groups -OCH3 is 1. The highest BCUT2D eigenvalue weighted by atomic mass is 16.5. The molecule has 1 aromatic carbocycles. The number of carbonyl (C=O) groups excluding carboxylic acids is 1. The minimum absolute atomic E-state index is 0.158. The van der Waals surface area contributed by atoms with Crippen LogP contribution in [0.1, 0.15) is 30.4 Å². The summed E-state index contributed by atoms with van der Waals surface area (Å²) in [5, 5.41) is 10.1. The topological polar surface area (TPSA) is 53.0 Å². The number of amides is 1. The molecule has 1 aromatic rings. The molecule has 0 spiro atoms. The van der Waals surface area contributed by atoms with Crippen LogP contribution in [0.25, 0.3) is 0 Å². The zero-order valence-corrected chi connectivity index (χ0v) is 14.7.